The van der Waals surface area contributed by atoms with Crippen LogP contribution < -0.4 is 0 Å². The second-order valence-corrected chi connectivity index (χ2v) is 8.24. The Kier molecular flexibility index (Phi) is 8.76. The van der Waals surface area contributed by atoms with Crippen molar-refractivity contribution in [3.05, 3.63) is 81.4 Å². The van der Waals surface area contributed by atoms with Crippen molar-refractivity contribution in [1.82, 2.24) is 0 Å². The Morgan fingerprint density at radius 2 is 1.55 bits per heavy atom. The average molecular weight is 549 g/mol. The molecule has 0 fully saturated rings. The molecule has 1 heteroatoms. The van der Waals surface area contributed by atoms with Crippen LogP contribution in [-0.2, 0) is 32.3 Å². The Morgan fingerprint density at radius 3 is 2.14 bits per heavy atom. The minimum atomic E-state index is 0. The SMILES string of the molecule is CCCCCC1=[C-]Cc2ccc3ccccc3c21.Cc1c(C)c(C)[c-](C)c1C.[Hf]. The number of rotatable bonds is 4. The molecule has 29 heavy (non-hydrogen) atoms. The second kappa shape index (κ2) is 10.6. The van der Waals surface area contributed by atoms with Gasteiger partial charge in [-0.3, -0.25) is 6.08 Å². The molecule has 0 nitrogen and oxygen atoms in total. The zero-order valence-corrected chi connectivity index (χ0v) is 22.6. The molecular formula is C28H34Hf-2. The summed E-state index contributed by atoms with van der Waals surface area (Å²) in [6.07, 6.45) is 9.69. The van der Waals surface area contributed by atoms with Gasteiger partial charge >= 0.3 is 0 Å². The van der Waals surface area contributed by atoms with Crippen molar-refractivity contribution in [2.45, 2.75) is 73.6 Å². The largest absolute Gasteiger partial charge is 0.268 e. The summed E-state index contributed by atoms with van der Waals surface area (Å²) in [7, 11) is 0. The van der Waals surface area contributed by atoms with Crippen LogP contribution in [-0.4, -0.2) is 0 Å². The molecule has 3 aromatic rings. The minimum Gasteiger partial charge on any atom is -0.268 e. The van der Waals surface area contributed by atoms with E-state index in [4.69, 9.17) is 0 Å². The summed E-state index contributed by atoms with van der Waals surface area (Å²) in [6, 6.07) is 13.2. The molecule has 0 saturated carbocycles. The van der Waals surface area contributed by atoms with Crippen molar-refractivity contribution in [3.8, 4) is 0 Å². The standard InChI is InChI=1S/C18H19.C10H15.Hf/c1-2-3-4-8-15-12-13-16-11-10-14-7-5-6-9-17(14)18(15)16;1-6-7(2)9(4)10(5)8(6)3;/h5-7,9-11H,2-4,8,13H2,1H3;1-5H3;/q2*-1;. The maximum Gasteiger partial charge on any atom is 0 e. The minimum absolute atomic E-state index is 0. The molecule has 0 unspecified atom stereocenters. The maximum absolute atomic E-state index is 3.59. The quantitative estimate of drug-likeness (QED) is 0.175. The third-order valence-electron chi connectivity index (χ3n) is 6.65. The Balaban J connectivity index is 0.000000234. The number of allylic oxidation sites excluding steroid dienone is 2. The zero-order chi connectivity index (χ0) is 20.3. The van der Waals surface area contributed by atoms with Gasteiger partial charge in [-0.25, -0.2) is 5.57 Å². The number of hydrogen-bond donors (Lipinski definition) is 0. The third-order valence-corrected chi connectivity index (χ3v) is 6.65. The zero-order valence-electron chi connectivity index (χ0n) is 19.0. The first-order valence-corrected chi connectivity index (χ1v) is 10.8. The predicted molar refractivity (Wildman–Crippen MR) is 124 cm³/mol. The average Bonchev–Trinajstić information content (AvgIpc) is 3.21. The van der Waals surface area contributed by atoms with Crippen LogP contribution in [0.25, 0.3) is 16.3 Å². The van der Waals surface area contributed by atoms with E-state index < -0.39 is 0 Å². The molecule has 1 aliphatic rings. The van der Waals surface area contributed by atoms with E-state index in [1.54, 1.807) is 0 Å². The Morgan fingerprint density at radius 1 is 0.897 bits per heavy atom. The third kappa shape index (κ3) is 5.05. The molecular weight excluding hydrogens is 515 g/mol. The summed E-state index contributed by atoms with van der Waals surface area (Å²) in [4.78, 5) is 0. The van der Waals surface area contributed by atoms with Crippen LogP contribution in [0.5, 0.6) is 0 Å². The van der Waals surface area contributed by atoms with E-state index in [-0.39, 0.29) is 25.8 Å². The molecule has 0 atom stereocenters. The summed E-state index contributed by atoms with van der Waals surface area (Å²) >= 11 is 0. The molecule has 0 amide bonds. The van der Waals surface area contributed by atoms with Crippen LogP contribution in [0.2, 0.25) is 0 Å². The number of hydrogen-bond acceptors (Lipinski definition) is 0. The summed E-state index contributed by atoms with van der Waals surface area (Å²) < 4.78 is 0. The number of unbranched alkanes of at least 4 members (excludes halogenated alkanes) is 2. The first-order chi connectivity index (χ1) is 13.5. The molecule has 0 spiro atoms. The Bertz CT molecular complexity index is 921. The van der Waals surface area contributed by atoms with Gasteiger partial charge in [0.1, 0.15) is 0 Å². The monoisotopic (exact) mass is 550 g/mol. The van der Waals surface area contributed by atoms with Gasteiger partial charge in [0.25, 0.3) is 0 Å². The second-order valence-electron chi connectivity index (χ2n) is 8.24. The van der Waals surface area contributed by atoms with E-state index in [1.165, 1.54) is 81.0 Å². The number of benzene rings is 2. The summed E-state index contributed by atoms with van der Waals surface area (Å²) in [5.41, 5.74) is 11.7. The van der Waals surface area contributed by atoms with Gasteiger partial charge < -0.3 is 0 Å². The Hall–Kier alpha value is -1.34. The molecule has 0 N–H and O–H groups in total. The molecule has 0 bridgehead atoms. The van der Waals surface area contributed by atoms with Gasteiger partial charge in [-0.05, 0) is 5.39 Å². The van der Waals surface area contributed by atoms with Crippen LogP contribution in [0.4, 0.5) is 0 Å². The Labute approximate surface area is 196 Å². The van der Waals surface area contributed by atoms with Crippen molar-refractivity contribution < 1.29 is 25.8 Å². The normalized spacial score (nSPS) is 12.1. The van der Waals surface area contributed by atoms with Gasteiger partial charge in [0.15, 0.2) is 0 Å². The molecule has 0 heterocycles. The molecule has 0 aliphatic heterocycles. The predicted octanol–water partition coefficient (Wildman–Crippen LogP) is 8.11. The van der Waals surface area contributed by atoms with Crippen LogP contribution in [0, 0.1) is 40.7 Å². The van der Waals surface area contributed by atoms with Gasteiger partial charge in [0, 0.05) is 25.8 Å². The van der Waals surface area contributed by atoms with Crippen LogP contribution in [0.1, 0.15) is 71.6 Å². The van der Waals surface area contributed by atoms with E-state index in [2.05, 4.69) is 84.0 Å². The summed E-state index contributed by atoms with van der Waals surface area (Å²) in [5, 5.41) is 2.76. The van der Waals surface area contributed by atoms with Gasteiger partial charge in [0.2, 0.25) is 0 Å². The fourth-order valence-corrected chi connectivity index (χ4v) is 4.28. The molecule has 152 valence electrons. The molecule has 4 rings (SSSR count). The fourth-order valence-electron chi connectivity index (χ4n) is 4.28. The van der Waals surface area contributed by atoms with Gasteiger partial charge in [-0.2, -0.15) is 33.4 Å². The van der Waals surface area contributed by atoms with E-state index >= 15 is 0 Å². The van der Waals surface area contributed by atoms with Crippen molar-refractivity contribution in [2.75, 3.05) is 0 Å². The van der Waals surface area contributed by atoms with Crippen molar-refractivity contribution in [1.29, 1.82) is 0 Å². The first kappa shape index (κ1) is 23.9. The van der Waals surface area contributed by atoms with Crippen molar-refractivity contribution in [2.24, 2.45) is 0 Å². The van der Waals surface area contributed by atoms with Crippen molar-refractivity contribution in [3.63, 3.8) is 0 Å². The molecule has 0 radical (unpaired) electrons. The summed E-state index contributed by atoms with van der Waals surface area (Å²) in [6.45, 7) is 13.3. The molecule has 3 aromatic carbocycles. The topological polar surface area (TPSA) is 0 Å². The maximum atomic E-state index is 3.59. The van der Waals surface area contributed by atoms with Crippen LogP contribution in [0.3, 0.4) is 0 Å². The van der Waals surface area contributed by atoms with Gasteiger partial charge in [0.05, 0.1) is 0 Å². The van der Waals surface area contributed by atoms with Crippen LogP contribution >= 0.6 is 0 Å². The van der Waals surface area contributed by atoms with E-state index in [0.29, 0.717) is 0 Å². The fraction of sp³-hybridized carbons (Fsp3) is 0.393. The van der Waals surface area contributed by atoms with Crippen LogP contribution in [0.15, 0.2) is 36.4 Å². The first-order valence-electron chi connectivity index (χ1n) is 10.8. The molecule has 1 aliphatic carbocycles. The smallest absolute Gasteiger partial charge is 0 e. The van der Waals surface area contributed by atoms with Gasteiger partial charge in [-0.1, -0.05) is 109 Å². The molecule has 0 saturated heterocycles. The molecule has 0 aromatic heterocycles. The van der Waals surface area contributed by atoms with E-state index in [9.17, 15) is 0 Å². The van der Waals surface area contributed by atoms with E-state index in [0.717, 1.165) is 6.42 Å². The summed E-state index contributed by atoms with van der Waals surface area (Å²) in [5.74, 6) is 0. The van der Waals surface area contributed by atoms with Gasteiger partial charge in [-0.15, -0.1) is 12.0 Å². The van der Waals surface area contributed by atoms with E-state index in [1.807, 2.05) is 0 Å². The van der Waals surface area contributed by atoms with Crippen molar-refractivity contribution >= 4 is 16.3 Å². The number of fused-ring (bicyclic) bond motifs is 3.